The summed E-state index contributed by atoms with van der Waals surface area (Å²) in [4.78, 5) is 7.23. The first-order valence-electron chi connectivity index (χ1n) is 10.3. The molecule has 34 heavy (non-hydrogen) atoms. The standard InChI is InChI=1S/C21H25FN6O5S/c1-12-7-15-16(26-12)5-6-17(19(15)22)33-21-20-13(2)18(9-28(20)24-11-23-21)32-10-14(29)8-25-34(30,31)27(3)4/h5-7,9,11,14,25-26,29H,8,10H2,1-4H3. The summed E-state index contributed by atoms with van der Waals surface area (Å²) in [6.07, 6.45) is 1.75. The number of ether oxygens (including phenoxy) is 2. The van der Waals surface area contributed by atoms with Crippen LogP contribution >= 0.6 is 0 Å². The third kappa shape index (κ3) is 4.68. The summed E-state index contributed by atoms with van der Waals surface area (Å²) >= 11 is 0. The second kappa shape index (κ2) is 9.18. The number of nitrogens with zero attached hydrogens (tertiary/aromatic N) is 4. The Morgan fingerprint density at radius 2 is 2.06 bits per heavy atom. The first kappa shape index (κ1) is 23.9. The van der Waals surface area contributed by atoms with Gasteiger partial charge in [0.25, 0.3) is 10.2 Å². The van der Waals surface area contributed by atoms with Gasteiger partial charge in [-0.1, -0.05) is 0 Å². The summed E-state index contributed by atoms with van der Waals surface area (Å²) < 4.78 is 54.8. The lowest BCUT2D eigenvalue weighted by atomic mass is 10.2. The van der Waals surface area contributed by atoms with Crippen LogP contribution in [0.5, 0.6) is 17.4 Å². The SMILES string of the molecule is Cc1cc2c(F)c(Oc3ncnn4cc(OCC(O)CNS(=O)(=O)N(C)C)c(C)c34)ccc2[nH]1. The van der Waals surface area contributed by atoms with Gasteiger partial charge in [-0.25, -0.2) is 8.91 Å². The first-order valence-corrected chi connectivity index (χ1v) is 11.8. The molecule has 4 rings (SSSR count). The molecule has 11 nitrogen and oxygen atoms in total. The molecule has 3 N–H and O–H groups in total. The second-order valence-electron chi connectivity index (χ2n) is 7.97. The van der Waals surface area contributed by atoms with Crippen molar-refractivity contribution in [2.45, 2.75) is 20.0 Å². The molecule has 0 aliphatic rings. The van der Waals surface area contributed by atoms with Crippen molar-refractivity contribution in [2.75, 3.05) is 27.2 Å². The smallest absolute Gasteiger partial charge is 0.279 e. The number of aryl methyl sites for hydroxylation is 2. The van der Waals surface area contributed by atoms with E-state index < -0.39 is 22.1 Å². The van der Waals surface area contributed by atoms with Crippen LogP contribution in [-0.2, 0) is 10.2 Å². The number of halogens is 1. The van der Waals surface area contributed by atoms with Gasteiger partial charge in [0.15, 0.2) is 11.6 Å². The largest absolute Gasteiger partial charge is 0.489 e. The average Bonchev–Trinajstić information content (AvgIpc) is 3.33. The molecule has 1 unspecified atom stereocenters. The van der Waals surface area contributed by atoms with E-state index in [2.05, 4.69) is 19.8 Å². The van der Waals surface area contributed by atoms with Crippen molar-refractivity contribution in [1.29, 1.82) is 0 Å². The third-order valence-corrected chi connectivity index (χ3v) is 6.70. The molecule has 13 heteroatoms. The molecule has 0 fully saturated rings. The molecule has 0 bridgehead atoms. The van der Waals surface area contributed by atoms with Crippen LogP contribution < -0.4 is 14.2 Å². The van der Waals surface area contributed by atoms with Crippen molar-refractivity contribution < 1.29 is 27.4 Å². The fourth-order valence-electron chi connectivity index (χ4n) is 3.37. The fourth-order valence-corrected chi connectivity index (χ4v) is 4.03. The lowest BCUT2D eigenvalue weighted by Gasteiger charge is -2.16. The third-order valence-electron chi connectivity index (χ3n) is 5.20. The number of fused-ring (bicyclic) bond motifs is 2. The lowest BCUT2D eigenvalue weighted by molar-refractivity contribution is 0.110. The molecule has 3 heterocycles. The number of nitrogens with one attached hydrogen (secondary N) is 2. The van der Waals surface area contributed by atoms with E-state index in [1.807, 2.05) is 6.92 Å². The Morgan fingerprint density at radius 1 is 1.29 bits per heavy atom. The van der Waals surface area contributed by atoms with Crippen LogP contribution in [-0.4, -0.2) is 70.8 Å². The Kier molecular flexibility index (Phi) is 6.45. The molecule has 0 saturated heterocycles. The molecule has 0 radical (unpaired) electrons. The maximum atomic E-state index is 15.0. The number of H-pyrrole nitrogens is 1. The number of hydrogen-bond acceptors (Lipinski definition) is 7. The van der Waals surface area contributed by atoms with Gasteiger partial charge in [-0.2, -0.15) is 27.5 Å². The van der Waals surface area contributed by atoms with E-state index in [9.17, 15) is 17.9 Å². The number of rotatable bonds is 9. The molecule has 3 aromatic heterocycles. The molecule has 0 amide bonds. The van der Waals surface area contributed by atoms with Gasteiger partial charge in [-0.3, -0.25) is 0 Å². The monoisotopic (exact) mass is 492 g/mol. The lowest BCUT2D eigenvalue weighted by Crippen LogP contribution is -2.41. The first-order chi connectivity index (χ1) is 16.1. The fraction of sp³-hybridized carbons (Fsp3) is 0.333. The van der Waals surface area contributed by atoms with Gasteiger partial charge in [0, 0.05) is 42.8 Å². The Hall–Kier alpha value is -3.26. The van der Waals surface area contributed by atoms with Crippen LogP contribution in [0.15, 0.2) is 30.7 Å². The average molecular weight is 493 g/mol. The van der Waals surface area contributed by atoms with Gasteiger partial charge in [-0.15, -0.1) is 0 Å². The number of aromatic amines is 1. The predicted molar refractivity (Wildman–Crippen MR) is 123 cm³/mol. The van der Waals surface area contributed by atoms with Gasteiger partial charge < -0.3 is 19.6 Å². The Balaban J connectivity index is 1.53. The predicted octanol–water partition coefficient (Wildman–Crippen LogP) is 1.89. The normalized spacial score (nSPS) is 13.1. The molecule has 0 aliphatic carbocycles. The summed E-state index contributed by atoms with van der Waals surface area (Å²) in [7, 11) is -0.900. The summed E-state index contributed by atoms with van der Waals surface area (Å²) in [5, 5.41) is 14.7. The molecule has 0 aliphatic heterocycles. The van der Waals surface area contributed by atoms with Crippen LogP contribution in [0.2, 0.25) is 0 Å². The number of aliphatic hydroxyl groups is 1. The molecule has 0 spiro atoms. The van der Waals surface area contributed by atoms with Crippen molar-refractivity contribution in [1.82, 2.24) is 28.6 Å². The summed E-state index contributed by atoms with van der Waals surface area (Å²) in [6, 6.07) is 4.95. The van der Waals surface area contributed by atoms with Gasteiger partial charge in [-0.05, 0) is 32.0 Å². The molecular formula is C21H25FN6O5S. The topological polar surface area (TPSA) is 134 Å². The molecule has 182 valence electrons. The van der Waals surface area contributed by atoms with Gasteiger partial charge in [0.05, 0.1) is 6.20 Å². The maximum Gasteiger partial charge on any atom is 0.279 e. The summed E-state index contributed by atoms with van der Waals surface area (Å²) in [5.74, 6) is 0.0190. The van der Waals surface area contributed by atoms with Crippen LogP contribution in [0.1, 0.15) is 11.3 Å². The molecular weight excluding hydrogens is 467 g/mol. The van der Waals surface area contributed by atoms with Crippen LogP contribution in [0, 0.1) is 19.7 Å². The molecule has 1 atom stereocenters. The minimum atomic E-state index is -3.66. The zero-order valence-corrected chi connectivity index (χ0v) is 19.9. The van der Waals surface area contributed by atoms with E-state index in [1.165, 1.54) is 31.0 Å². The van der Waals surface area contributed by atoms with Crippen molar-refractivity contribution in [3.05, 3.63) is 47.8 Å². The Bertz CT molecular complexity index is 1450. The van der Waals surface area contributed by atoms with Crippen LogP contribution in [0.4, 0.5) is 4.39 Å². The molecule has 1 aromatic carbocycles. The number of benzene rings is 1. The van der Waals surface area contributed by atoms with Crippen molar-refractivity contribution in [3.8, 4) is 17.4 Å². The van der Waals surface area contributed by atoms with Crippen molar-refractivity contribution in [2.24, 2.45) is 0 Å². The van der Waals surface area contributed by atoms with Gasteiger partial charge in [0.2, 0.25) is 5.88 Å². The van der Waals surface area contributed by atoms with E-state index >= 15 is 0 Å². The van der Waals surface area contributed by atoms with Crippen molar-refractivity contribution in [3.63, 3.8) is 0 Å². The number of aliphatic hydroxyl groups excluding tert-OH is 1. The van der Waals surface area contributed by atoms with E-state index in [0.29, 0.717) is 27.7 Å². The Labute approximate surface area is 195 Å². The second-order valence-corrected chi connectivity index (χ2v) is 9.94. The highest BCUT2D eigenvalue weighted by Gasteiger charge is 2.20. The van der Waals surface area contributed by atoms with Crippen LogP contribution in [0.3, 0.4) is 0 Å². The van der Waals surface area contributed by atoms with E-state index in [-0.39, 0.29) is 24.8 Å². The maximum absolute atomic E-state index is 15.0. The van der Waals surface area contributed by atoms with Crippen LogP contribution in [0.25, 0.3) is 16.4 Å². The highest BCUT2D eigenvalue weighted by atomic mass is 32.2. The highest BCUT2D eigenvalue weighted by molar-refractivity contribution is 7.87. The highest BCUT2D eigenvalue weighted by Crippen LogP contribution is 2.34. The minimum absolute atomic E-state index is 0.0127. The quantitative estimate of drug-likeness (QED) is 0.325. The zero-order valence-electron chi connectivity index (χ0n) is 19.0. The Morgan fingerprint density at radius 3 is 2.79 bits per heavy atom. The zero-order chi connectivity index (χ0) is 24.6. The van der Waals surface area contributed by atoms with Gasteiger partial charge >= 0.3 is 0 Å². The summed E-state index contributed by atoms with van der Waals surface area (Å²) in [6.45, 7) is 3.20. The van der Waals surface area contributed by atoms with Crippen molar-refractivity contribution >= 4 is 26.6 Å². The summed E-state index contributed by atoms with van der Waals surface area (Å²) in [5.41, 5.74) is 2.56. The number of aromatic nitrogens is 4. The van der Waals surface area contributed by atoms with E-state index in [4.69, 9.17) is 9.47 Å². The van der Waals surface area contributed by atoms with E-state index in [1.54, 1.807) is 25.3 Å². The molecule has 0 saturated carbocycles. The molecule has 4 aromatic rings. The van der Waals surface area contributed by atoms with E-state index in [0.717, 1.165) is 10.00 Å². The van der Waals surface area contributed by atoms with Gasteiger partial charge in [0.1, 0.15) is 30.3 Å². The number of hydrogen-bond donors (Lipinski definition) is 3. The minimum Gasteiger partial charge on any atom is -0.489 e.